The number of likely N-dealkylation sites (N-methyl/N-ethyl adjacent to an activating group) is 1. The third kappa shape index (κ3) is 4.75. The van der Waals surface area contributed by atoms with Crippen molar-refractivity contribution in [1.82, 2.24) is 20.4 Å². The number of carbonyl (C=O) groups is 1. The normalized spacial score (nSPS) is 22.8. The van der Waals surface area contributed by atoms with Crippen LogP contribution in [0.5, 0.6) is 5.75 Å². The van der Waals surface area contributed by atoms with E-state index in [1.165, 1.54) is 0 Å². The summed E-state index contributed by atoms with van der Waals surface area (Å²) in [5, 5.41) is 16.2. The fraction of sp³-hybridized carbons (Fsp3) is 0.650. The minimum atomic E-state index is -0.208. The van der Waals surface area contributed by atoms with Crippen molar-refractivity contribution in [1.29, 1.82) is 0 Å². The summed E-state index contributed by atoms with van der Waals surface area (Å²) < 4.78 is 0. The Labute approximate surface area is 156 Å². The van der Waals surface area contributed by atoms with Crippen LogP contribution in [0, 0.1) is 5.92 Å². The molecule has 3 rings (SSSR count). The van der Waals surface area contributed by atoms with Crippen LogP contribution < -0.4 is 10.6 Å². The molecule has 1 aromatic carbocycles. The lowest BCUT2D eigenvalue weighted by atomic mass is 9.94. The first-order chi connectivity index (χ1) is 12.4. The van der Waals surface area contributed by atoms with Gasteiger partial charge in [-0.3, -0.25) is 9.69 Å². The molecule has 1 unspecified atom stereocenters. The van der Waals surface area contributed by atoms with Gasteiger partial charge in [0, 0.05) is 45.3 Å². The average Bonchev–Trinajstić information content (AvgIpc) is 2.62. The van der Waals surface area contributed by atoms with Crippen LogP contribution >= 0.6 is 0 Å². The van der Waals surface area contributed by atoms with Gasteiger partial charge < -0.3 is 20.6 Å². The lowest BCUT2D eigenvalue weighted by molar-refractivity contribution is -0.124. The van der Waals surface area contributed by atoms with Crippen molar-refractivity contribution >= 4 is 5.91 Å². The van der Waals surface area contributed by atoms with Crippen molar-refractivity contribution in [3.05, 3.63) is 29.3 Å². The number of piperazine rings is 1. The summed E-state index contributed by atoms with van der Waals surface area (Å²) in [6.07, 6.45) is 0.667. The number of nitrogens with one attached hydrogen (secondary N) is 2. The topological polar surface area (TPSA) is 67.8 Å². The molecule has 0 aliphatic carbocycles. The number of carbonyl (C=O) groups excluding carboxylic acids is 1. The third-order valence-corrected chi connectivity index (χ3v) is 5.65. The van der Waals surface area contributed by atoms with Crippen molar-refractivity contribution in [3.63, 3.8) is 0 Å². The first kappa shape index (κ1) is 19.1. The van der Waals surface area contributed by atoms with Crippen molar-refractivity contribution in [2.45, 2.75) is 38.9 Å². The molecule has 26 heavy (non-hydrogen) atoms. The molecule has 0 spiro atoms. The molecule has 144 valence electrons. The molecule has 6 nitrogen and oxygen atoms in total. The third-order valence-electron chi connectivity index (χ3n) is 5.65. The molecule has 2 aliphatic heterocycles. The highest BCUT2D eigenvalue weighted by Gasteiger charge is 2.28. The fourth-order valence-corrected chi connectivity index (χ4v) is 3.70. The molecule has 0 bridgehead atoms. The lowest BCUT2D eigenvalue weighted by Crippen LogP contribution is -2.56. The summed E-state index contributed by atoms with van der Waals surface area (Å²) in [4.78, 5) is 17.6. The van der Waals surface area contributed by atoms with Crippen LogP contribution in [0.15, 0.2) is 18.2 Å². The van der Waals surface area contributed by atoms with E-state index < -0.39 is 0 Å². The van der Waals surface area contributed by atoms with Gasteiger partial charge in [-0.2, -0.15) is 0 Å². The smallest absolute Gasteiger partial charge is 0.237 e. The number of aromatic hydroxyl groups is 1. The van der Waals surface area contributed by atoms with Gasteiger partial charge >= 0.3 is 0 Å². The summed E-state index contributed by atoms with van der Waals surface area (Å²) in [6, 6.07) is 5.36. The summed E-state index contributed by atoms with van der Waals surface area (Å²) in [6.45, 7) is 10.2. The molecule has 0 radical (unpaired) electrons. The zero-order valence-electron chi connectivity index (χ0n) is 16.2. The second kappa shape index (κ2) is 8.37. The van der Waals surface area contributed by atoms with E-state index in [4.69, 9.17) is 0 Å². The molecule has 0 aromatic heterocycles. The van der Waals surface area contributed by atoms with Crippen LogP contribution in [0.1, 0.15) is 25.0 Å². The standard InChI is InChI=1S/C20H32N4O2/c1-14(2)19(13-24-8-6-23(3)7-9-24)22-20(26)18-11-15-4-5-17(25)10-16(15)12-21-18/h4-5,10,14,18-19,21,25H,6-9,11-13H2,1-3H3,(H,22,26)/t18-,19?/m1/s1. The SMILES string of the molecule is CC(C)C(CN1CCN(C)CC1)NC(=O)[C@H]1Cc2ccc(O)cc2CN1. The number of nitrogens with zero attached hydrogens (tertiary/aromatic N) is 2. The highest BCUT2D eigenvalue weighted by molar-refractivity contribution is 5.82. The van der Waals surface area contributed by atoms with Gasteiger partial charge in [0.25, 0.3) is 0 Å². The van der Waals surface area contributed by atoms with Gasteiger partial charge in [-0.25, -0.2) is 0 Å². The molecule has 6 heteroatoms. The van der Waals surface area contributed by atoms with Gasteiger partial charge in [0.05, 0.1) is 6.04 Å². The van der Waals surface area contributed by atoms with E-state index in [2.05, 4.69) is 41.3 Å². The number of phenolic OH excluding ortho intramolecular Hbond substituents is 1. The monoisotopic (exact) mass is 360 g/mol. The molecular weight excluding hydrogens is 328 g/mol. The van der Waals surface area contributed by atoms with Crippen molar-refractivity contribution in [2.75, 3.05) is 39.8 Å². The molecule has 2 heterocycles. The zero-order valence-corrected chi connectivity index (χ0v) is 16.2. The largest absolute Gasteiger partial charge is 0.508 e. The number of phenols is 1. The zero-order chi connectivity index (χ0) is 18.7. The minimum absolute atomic E-state index is 0.0801. The highest BCUT2D eigenvalue weighted by atomic mass is 16.3. The molecule has 1 aromatic rings. The fourth-order valence-electron chi connectivity index (χ4n) is 3.70. The van der Waals surface area contributed by atoms with E-state index in [0.717, 1.165) is 43.9 Å². The molecule has 1 saturated heterocycles. The Balaban J connectivity index is 1.57. The summed E-state index contributed by atoms with van der Waals surface area (Å²) in [5.74, 6) is 0.753. The van der Waals surface area contributed by atoms with E-state index in [1.54, 1.807) is 12.1 Å². The summed E-state index contributed by atoms with van der Waals surface area (Å²) in [5.41, 5.74) is 2.22. The van der Waals surface area contributed by atoms with Crippen LogP contribution in [-0.2, 0) is 17.8 Å². The van der Waals surface area contributed by atoms with E-state index in [1.807, 2.05) is 6.07 Å². The van der Waals surface area contributed by atoms with Gasteiger partial charge in [-0.15, -0.1) is 0 Å². The number of benzene rings is 1. The highest BCUT2D eigenvalue weighted by Crippen LogP contribution is 2.21. The molecule has 1 fully saturated rings. The predicted molar refractivity (Wildman–Crippen MR) is 103 cm³/mol. The maximum atomic E-state index is 12.8. The lowest BCUT2D eigenvalue weighted by Gasteiger charge is -2.36. The van der Waals surface area contributed by atoms with E-state index >= 15 is 0 Å². The summed E-state index contributed by atoms with van der Waals surface area (Å²) >= 11 is 0. The molecule has 0 saturated carbocycles. The Morgan fingerprint density at radius 2 is 2.00 bits per heavy atom. The van der Waals surface area contributed by atoms with Gasteiger partial charge in [0.15, 0.2) is 0 Å². The van der Waals surface area contributed by atoms with Gasteiger partial charge in [0.1, 0.15) is 5.75 Å². The Morgan fingerprint density at radius 1 is 1.27 bits per heavy atom. The van der Waals surface area contributed by atoms with Crippen LogP contribution in [0.2, 0.25) is 0 Å². The van der Waals surface area contributed by atoms with Crippen LogP contribution in [-0.4, -0.2) is 72.7 Å². The van der Waals surface area contributed by atoms with Gasteiger partial charge in [-0.05, 0) is 42.6 Å². The quantitative estimate of drug-likeness (QED) is 0.725. The molecular formula is C20H32N4O2. The summed E-state index contributed by atoms with van der Waals surface area (Å²) in [7, 11) is 2.16. The molecule has 2 atom stereocenters. The van der Waals surface area contributed by atoms with E-state index in [9.17, 15) is 9.90 Å². The van der Waals surface area contributed by atoms with Crippen LogP contribution in [0.4, 0.5) is 0 Å². The Bertz CT molecular complexity index is 626. The second-order valence-corrected chi connectivity index (χ2v) is 8.05. The van der Waals surface area contributed by atoms with Crippen molar-refractivity contribution in [3.8, 4) is 5.75 Å². The van der Waals surface area contributed by atoms with Gasteiger partial charge in [-0.1, -0.05) is 19.9 Å². The number of amides is 1. The Morgan fingerprint density at radius 3 is 2.69 bits per heavy atom. The van der Waals surface area contributed by atoms with Crippen LogP contribution in [0.3, 0.4) is 0 Å². The maximum Gasteiger partial charge on any atom is 0.237 e. The van der Waals surface area contributed by atoms with E-state index in [-0.39, 0.29) is 23.7 Å². The molecule has 2 aliphatic rings. The first-order valence-electron chi connectivity index (χ1n) is 9.68. The van der Waals surface area contributed by atoms with Crippen LogP contribution in [0.25, 0.3) is 0 Å². The predicted octanol–water partition coefficient (Wildman–Crippen LogP) is 0.795. The molecule has 1 amide bonds. The number of hydrogen-bond donors (Lipinski definition) is 3. The second-order valence-electron chi connectivity index (χ2n) is 8.05. The number of fused-ring (bicyclic) bond motifs is 1. The number of rotatable bonds is 5. The van der Waals surface area contributed by atoms with Crippen molar-refractivity contribution < 1.29 is 9.90 Å². The average molecular weight is 361 g/mol. The molecule has 3 N–H and O–H groups in total. The Kier molecular flexibility index (Phi) is 6.16. The van der Waals surface area contributed by atoms with Gasteiger partial charge in [0.2, 0.25) is 5.91 Å². The Hall–Kier alpha value is -1.63. The van der Waals surface area contributed by atoms with Crippen molar-refractivity contribution in [2.24, 2.45) is 5.92 Å². The van der Waals surface area contributed by atoms with E-state index in [0.29, 0.717) is 18.9 Å². The number of hydrogen-bond acceptors (Lipinski definition) is 5. The minimum Gasteiger partial charge on any atom is -0.508 e. The maximum absolute atomic E-state index is 12.8. The first-order valence-corrected chi connectivity index (χ1v) is 9.68.